The SMILES string of the molecule is CSc1ccc(C(=O)Nc2cc(C)nn2-c2nc3c(C)cc(C)cc3s2)cc1. The van der Waals surface area contributed by atoms with Crippen LogP contribution in [0.3, 0.4) is 0 Å². The number of fused-ring (bicyclic) bond motifs is 1. The fourth-order valence-electron chi connectivity index (χ4n) is 3.11. The van der Waals surface area contributed by atoms with Crippen molar-refractivity contribution in [2.45, 2.75) is 25.7 Å². The van der Waals surface area contributed by atoms with Gasteiger partial charge in [0, 0.05) is 16.5 Å². The summed E-state index contributed by atoms with van der Waals surface area (Å²) in [5.74, 6) is 0.451. The molecule has 0 fully saturated rings. The van der Waals surface area contributed by atoms with E-state index in [4.69, 9.17) is 4.98 Å². The molecule has 0 radical (unpaired) electrons. The molecule has 0 unspecified atom stereocenters. The molecule has 4 rings (SSSR count). The predicted molar refractivity (Wildman–Crippen MR) is 117 cm³/mol. The van der Waals surface area contributed by atoms with Crippen LogP contribution in [-0.2, 0) is 0 Å². The monoisotopic (exact) mass is 408 g/mol. The van der Waals surface area contributed by atoms with E-state index in [0.29, 0.717) is 11.4 Å². The molecule has 0 aliphatic heterocycles. The lowest BCUT2D eigenvalue weighted by Gasteiger charge is -2.07. The van der Waals surface area contributed by atoms with Crippen molar-refractivity contribution in [3.05, 3.63) is 64.8 Å². The van der Waals surface area contributed by atoms with Crippen LogP contribution in [0.4, 0.5) is 5.82 Å². The van der Waals surface area contributed by atoms with Gasteiger partial charge < -0.3 is 5.32 Å². The van der Waals surface area contributed by atoms with Crippen molar-refractivity contribution in [2.75, 3.05) is 11.6 Å². The number of anilines is 1. The van der Waals surface area contributed by atoms with Gasteiger partial charge in [0.15, 0.2) is 0 Å². The second-order valence-electron chi connectivity index (χ2n) is 6.69. The van der Waals surface area contributed by atoms with Gasteiger partial charge in [-0.15, -0.1) is 11.8 Å². The first-order valence-corrected chi connectivity index (χ1v) is 10.9. The average molecular weight is 409 g/mol. The van der Waals surface area contributed by atoms with Crippen LogP contribution in [0.15, 0.2) is 47.4 Å². The molecule has 0 bridgehead atoms. The van der Waals surface area contributed by atoms with E-state index < -0.39 is 0 Å². The predicted octanol–water partition coefficient (Wildman–Crippen LogP) is 5.38. The molecule has 0 spiro atoms. The minimum absolute atomic E-state index is 0.165. The first kappa shape index (κ1) is 18.7. The molecular weight excluding hydrogens is 388 g/mol. The Morgan fingerprint density at radius 3 is 2.57 bits per heavy atom. The molecule has 1 N–H and O–H groups in total. The standard InChI is InChI=1S/C21H20N4OS2/c1-12-9-13(2)19-17(10-12)28-21(23-19)25-18(11-14(3)24-25)22-20(26)15-5-7-16(27-4)8-6-15/h5-11H,1-4H3,(H,22,26). The highest BCUT2D eigenvalue weighted by molar-refractivity contribution is 7.98. The van der Waals surface area contributed by atoms with Gasteiger partial charge in [-0.3, -0.25) is 4.79 Å². The molecule has 2 aromatic heterocycles. The van der Waals surface area contributed by atoms with Gasteiger partial charge in [-0.1, -0.05) is 17.4 Å². The maximum absolute atomic E-state index is 12.7. The number of benzene rings is 2. The molecule has 4 aromatic rings. The number of amides is 1. The summed E-state index contributed by atoms with van der Waals surface area (Å²) in [7, 11) is 0. The third kappa shape index (κ3) is 3.55. The molecule has 142 valence electrons. The van der Waals surface area contributed by atoms with Gasteiger partial charge in [0.25, 0.3) is 5.91 Å². The van der Waals surface area contributed by atoms with Crippen LogP contribution in [0.25, 0.3) is 15.3 Å². The zero-order valence-electron chi connectivity index (χ0n) is 16.1. The van der Waals surface area contributed by atoms with Crippen molar-refractivity contribution in [3.63, 3.8) is 0 Å². The van der Waals surface area contributed by atoms with Crippen molar-refractivity contribution < 1.29 is 4.79 Å². The fraction of sp³-hybridized carbons (Fsp3) is 0.190. The Kier molecular flexibility index (Phi) is 4.95. The van der Waals surface area contributed by atoms with E-state index in [-0.39, 0.29) is 5.91 Å². The van der Waals surface area contributed by atoms with Gasteiger partial charge in [0.2, 0.25) is 5.13 Å². The van der Waals surface area contributed by atoms with Crippen LogP contribution in [0.5, 0.6) is 0 Å². The van der Waals surface area contributed by atoms with E-state index in [1.165, 1.54) is 5.56 Å². The van der Waals surface area contributed by atoms with Gasteiger partial charge in [0.1, 0.15) is 5.82 Å². The number of carbonyl (C=O) groups excluding carboxylic acids is 1. The normalized spacial score (nSPS) is 11.1. The first-order chi connectivity index (χ1) is 13.4. The van der Waals surface area contributed by atoms with Crippen LogP contribution in [-0.4, -0.2) is 26.9 Å². The molecule has 0 aliphatic carbocycles. The van der Waals surface area contributed by atoms with Crippen molar-refractivity contribution in [1.29, 1.82) is 0 Å². The molecule has 0 aliphatic rings. The summed E-state index contributed by atoms with van der Waals surface area (Å²) in [6.07, 6.45) is 2.01. The summed E-state index contributed by atoms with van der Waals surface area (Å²) in [4.78, 5) is 18.6. The Bertz CT molecular complexity index is 1180. The minimum atomic E-state index is -0.165. The number of aromatic nitrogens is 3. The first-order valence-electron chi connectivity index (χ1n) is 8.85. The van der Waals surface area contributed by atoms with Crippen LogP contribution in [0.1, 0.15) is 27.2 Å². The molecular formula is C21H20N4OS2. The number of thiazole rings is 1. The van der Waals surface area contributed by atoms with Crippen LogP contribution in [0, 0.1) is 20.8 Å². The summed E-state index contributed by atoms with van der Waals surface area (Å²) < 4.78 is 2.83. The molecule has 2 aromatic carbocycles. The Morgan fingerprint density at radius 2 is 1.86 bits per heavy atom. The summed E-state index contributed by atoms with van der Waals surface area (Å²) in [5, 5.41) is 8.26. The minimum Gasteiger partial charge on any atom is -0.306 e. The second kappa shape index (κ2) is 7.41. The number of hydrogen-bond donors (Lipinski definition) is 1. The lowest BCUT2D eigenvalue weighted by molar-refractivity contribution is 0.102. The van der Waals surface area contributed by atoms with Crippen molar-refractivity contribution >= 4 is 45.0 Å². The lowest BCUT2D eigenvalue weighted by atomic mass is 10.1. The van der Waals surface area contributed by atoms with E-state index in [1.807, 2.05) is 43.5 Å². The smallest absolute Gasteiger partial charge is 0.256 e. The molecule has 7 heteroatoms. The maximum Gasteiger partial charge on any atom is 0.256 e. The van der Waals surface area contributed by atoms with Gasteiger partial charge >= 0.3 is 0 Å². The molecule has 0 atom stereocenters. The third-order valence-corrected chi connectivity index (χ3v) is 6.15. The number of nitrogens with one attached hydrogen (secondary N) is 1. The van der Waals surface area contributed by atoms with Crippen LogP contribution < -0.4 is 5.32 Å². The van der Waals surface area contributed by atoms with E-state index in [2.05, 4.69) is 36.4 Å². The highest BCUT2D eigenvalue weighted by Gasteiger charge is 2.16. The highest BCUT2D eigenvalue weighted by atomic mass is 32.2. The lowest BCUT2D eigenvalue weighted by Crippen LogP contribution is -2.15. The largest absolute Gasteiger partial charge is 0.306 e. The second-order valence-corrected chi connectivity index (χ2v) is 8.58. The molecule has 28 heavy (non-hydrogen) atoms. The maximum atomic E-state index is 12.7. The van der Waals surface area contributed by atoms with Crippen molar-refractivity contribution in [3.8, 4) is 5.13 Å². The molecule has 1 amide bonds. The van der Waals surface area contributed by atoms with Gasteiger partial charge in [-0.25, -0.2) is 4.98 Å². The van der Waals surface area contributed by atoms with E-state index in [0.717, 1.165) is 31.5 Å². The molecule has 2 heterocycles. The number of carbonyl (C=O) groups is 1. The average Bonchev–Trinajstić information content (AvgIpc) is 3.25. The Balaban J connectivity index is 1.69. The quantitative estimate of drug-likeness (QED) is 0.461. The van der Waals surface area contributed by atoms with Crippen LogP contribution >= 0.6 is 23.1 Å². The number of aryl methyl sites for hydroxylation is 3. The summed E-state index contributed by atoms with van der Waals surface area (Å²) in [6.45, 7) is 6.05. The topological polar surface area (TPSA) is 59.8 Å². The third-order valence-electron chi connectivity index (χ3n) is 4.43. The number of thioether (sulfide) groups is 1. The summed E-state index contributed by atoms with van der Waals surface area (Å²) in [6, 6.07) is 13.7. The van der Waals surface area contributed by atoms with E-state index in [1.54, 1.807) is 27.8 Å². The Labute approximate surface area is 171 Å². The van der Waals surface area contributed by atoms with Crippen molar-refractivity contribution in [2.24, 2.45) is 0 Å². The van der Waals surface area contributed by atoms with Gasteiger partial charge in [0.05, 0.1) is 15.9 Å². The fourth-order valence-corrected chi connectivity index (χ4v) is 4.63. The number of nitrogens with zero attached hydrogens (tertiary/aromatic N) is 3. The molecule has 5 nitrogen and oxygen atoms in total. The van der Waals surface area contributed by atoms with E-state index >= 15 is 0 Å². The molecule has 0 saturated heterocycles. The summed E-state index contributed by atoms with van der Waals surface area (Å²) >= 11 is 3.22. The summed E-state index contributed by atoms with van der Waals surface area (Å²) in [5.41, 5.74) is 4.75. The van der Waals surface area contributed by atoms with Crippen molar-refractivity contribution in [1.82, 2.24) is 14.8 Å². The van der Waals surface area contributed by atoms with Gasteiger partial charge in [-0.2, -0.15) is 9.78 Å². The number of hydrogen-bond acceptors (Lipinski definition) is 5. The van der Waals surface area contributed by atoms with Crippen LogP contribution in [0.2, 0.25) is 0 Å². The molecule has 0 saturated carbocycles. The van der Waals surface area contributed by atoms with E-state index in [9.17, 15) is 4.79 Å². The Hall–Kier alpha value is -2.64. The Morgan fingerprint density at radius 1 is 1.11 bits per heavy atom. The van der Waals surface area contributed by atoms with Gasteiger partial charge in [-0.05, 0) is 68.5 Å². The zero-order chi connectivity index (χ0) is 19.8. The number of rotatable bonds is 4. The zero-order valence-corrected chi connectivity index (χ0v) is 17.7. The highest BCUT2D eigenvalue weighted by Crippen LogP contribution is 2.30.